The SMILES string of the molecule is COc1cc(C(=O)OCCN2CCC(NC(=O)OC(C)(C)C)CC2)c2ccccc2n1. The molecule has 0 atom stereocenters. The average Bonchev–Trinajstić information content (AvgIpc) is 2.72. The fourth-order valence-corrected chi connectivity index (χ4v) is 3.54. The molecule has 1 amide bonds. The number of carbonyl (C=O) groups excluding carboxylic acids is 2. The van der Waals surface area contributed by atoms with Gasteiger partial charge in [0.2, 0.25) is 5.88 Å². The van der Waals surface area contributed by atoms with E-state index in [1.807, 2.05) is 45.0 Å². The highest BCUT2D eigenvalue weighted by atomic mass is 16.6. The third kappa shape index (κ3) is 6.55. The number of hydrogen-bond acceptors (Lipinski definition) is 7. The Labute approximate surface area is 182 Å². The van der Waals surface area contributed by atoms with Crippen LogP contribution in [0.3, 0.4) is 0 Å². The van der Waals surface area contributed by atoms with Crippen molar-refractivity contribution in [1.29, 1.82) is 0 Å². The van der Waals surface area contributed by atoms with Crippen LogP contribution in [-0.4, -0.2) is 66.9 Å². The number of amides is 1. The van der Waals surface area contributed by atoms with Gasteiger partial charge in [0.25, 0.3) is 0 Å². The van der Waals surface area contributed by atoms with Gasteiger partial charge in [-0.15, -0.1) is 0 Å². The second kappa shape index (κ2) is 9.96. The third-order valence-corrected chi connectivity index (χ3v) is 5.07. The Kier molecular flexibility index (Phi) is 7.33. The van der Waals surface area contributed by atoms with E-state index in [1.165, 1.54) is 7.11 Å². The van der Waals surface area contributed by atoms with Gasteiger partial charge in [-0.3, -0.25) is 4.90 Å². The Morgan fingerprint density at radius 2 is 1.90 bits per heavy atom. The van der Waals surface area contributed by atoms with Crippen LogP contribution in [0.4, 0.5) is 4.79 Å². The molecule has 1 aliphatic heterocycles. The molecule has 168 valence electrons. The molecule has 0 radical (unpaired) electrons. The molecule has 1 aromatic heterocycles. The molecule has 1 aromatic carbocycles. The van der Waals surface area contributed by atoms with Crippen LogP contribution in [0.15, 0.2) is 30.3 Å². The largest absolute Gasteiger partial charge is 0.481 e. The van der Waals surface area contributed by atoms with Crippen molar-refractivity contribution < 1.29 is 23.8 Å². The normalized spacial score (nSPS) is 15.5. The van der Waals surface area contributed by atoms with Crippen LogP contribution in [-0.2, 0) is 9.47 Å². The highest BCUT2D eigenvalue weighted by Crippen LogP contribution is 2.22. The zero-order valence-corrected chi connectivity index (χ0v) is 18.6. The highest BCUT2D eigenvalue weighted by Gasteiger charge is 2.24. The van der Waals surface area contributed by atoms with Crippen LogP contribution in [0.5, 0.6) is 5.88 Å². The molecule has 0 bridgehead atoms. The average molecular weight is 430 g/mol. The molecule has 8 heteroatoms. The number of para-hydroxylation sites is 1. The zero-order chi connectivity index (χ0) is 22.4. The second-order valence-corrected chi connectivity index (χ2v) is 8.63. The molecule has 31 heavy (non-hydrogen) atoms. The van der Waals surface area contributed by atoms with Crippen molar-refractivity contribution in [3.63, 3.8) is 0 Å². The van der Waals surface area contributed by atoms with Crippen molar-refractivity contribution in [1.82, 2.24) is 15.2 Å². The van der Waals surface area contributed by atoms with Crippen molar-refractivity contribution in [2.75, 3.05) is 33.4 Å². The number of methoxy groups -OCH3 is 1. The lowest BCUT2D eigenvalue weighted by Crippen LogP contribution is -2.46. The number of alkyl carbamates (subject to hydrolysis) is 1. The predicted molar refractivity (Wildman–Crippen MR) is 117 cm³/mol. The number of likely N-dealkylation sites (tertiary alicyclic amines) is 1. The van der Waals surface area contributed by atoms with E-state index in [0.29, 0.717) is 30.1 Å². The summed E-state index contributed by atoms with van der Waals surface area (Å²) in [5.74, 6) is -0.0106. The van der Waals surface area contributed by atoms with Gasteiger partial charge >= 0.3 is 12.1 Å². The third-order valence-electron chi connectivity index (χ3n) is 5.07. The van der Waals surface area contributed by atoms with E-state index in [9.17, 15) is 9.59 Å². The van der Waals surface area contributed by atoms with E-state index in [0.717, 1.165) is 31.3 Å². The van der Waals surface area contributed by atoms with Gasteiger partial charge in [0.1, 0.15) is 12.2 Å². The van der Waals surface area contributed by atoms with Gasteiger partial charge in [0, 0.05) is 37.1 Å². The Balaban J connectivity index is 1.46. The summed E-state index contributed by atoms with van der Waals surface area (Å²) in [5.41, 5.74) is 0.634. The van der Waals surface area contributed by atoms with Crippen molar-refractivity contribution in [3.8, 4) is 5.88 Å². The maximum atomic E-state index is 12.7. The van der Waals surface area contributed by atoms with E-state index in [-0.39, 0.29) is 12.1 Å². The number of nitrogens with one attached hydrogen (secondary N) is 1. The number of carbonyl (C=O) groups is 2. The van der Waals surface area contributed by atoms with Crippen LogP contribution in [0.1, 0.15) is 44.0 Å². The van der Waals surface area contributed by atoms with Crippen molar-refractivity contribution in [2.24, 2.45) is 0 Å². The Morgan fingerprint density at radius 3 is 2.58 bits per heavy atom. The first-order chi connectivity index (χ1) is 14.7. The summed E-state index contributed by atoms with van der Waals surface area (Å²) in [6, 6.07) is 9.13. The number of pyridine rings is 1. The molecule has 0 spiro atoms. The van der Waals surface area contributed by atoms with Crippen LogP contribution < -0.4 is 10.1 Å². The molecule has 0 unspecified atom stereocenters. The Morgan fingerprint density at radius 1 is 1.19 bits per heavy atom. The molecule has 8 nitrogen and oxygen atoms in total. The monoisotopic (exact) mass is 429 g/mol. The summed E-state index contributed by atoms with van der Waals surface area (Å²) in [6.07, 6.45) is 1.29. The van der Waals surface area contributed by atoms with Gasteiger partial charge in [-0.25, -0.2) is 14.6 Å². The minimum absolute atomic E-state index is 0.101. The molecule has 2 aromatic rings. The molecule has 1 fully saturated rings. The van der Waals surface area contributed by atoms with Gasteiger partial charge in [-0.1, -0.05) is 18.2 Å². The number of piperidine rings is 1. The van der Waals surface area contributed by atoms with E-state index in [1.54, 1.807) is 6.07 Å². The molecule has 2 heterocycles. The highest BCUT2D eigenvalue weighted by molar-refractivity contribution is 6.03. The number of rotatable bonds is 6. The maximum Gasteiger partial charge on any atom is 0.407 e. The molecular weight excluding hydrogens is 398 g/mol. The van der Waals surface area contributed by atoms with E-state index < -0.39 is 11.6 Å². The Bertz CT molecular complexity index is 917. The topological polar surface area (TPSA) is 90.0 Å². The standard InChI is InChI=1S/C23H31N3O5/c1-23(2,3)31-22(28)24-16-9-11-26(12-10-16)13-14-30-21(27)18-15-20(29-4)25-19-8-6-5-7-17(18)19/h5-8,15-16H,9-14H2,1-4H3,(H,24,28). The smallest absolute Gasteiger partial charge is 0.407 e. The number of fused-ring (bicyclic) bond motifs is 1. The molecule has 0 aliphatic carbocycles. The van der Waals surface area contributed by atoms with E-state index >= 15 is 0 Å². The zero-order valence-electron chi connectivity index (χ0n) is 18.6. The number of nitrogens with zero attached hydrogens (tertiary/aromatic N) is 2. The summed E-state index contributed by atoms with van der Waals surface area (Å²) in [6.45, 7) is 8.13. The van der Waals surface area contributed by atoms with Crippen LogP contribution >= 0.6 is 0 Å². The van der Waals surface area contributed by atoms with Gasteiger partial charge < -0.3 is 19.5 Å². The minimum atomic E-state index is -0.501. The fraction of sp³-hybridized carbons (Fsp3) is 0.522. The lowest BCUT2D eigenvalue weighted by Gasteiger charge is -2.32. The Hall–Kier alpha value is -2.87. The van der Waals surface area contributed by atoms with Gasteiger partial charge in [0.15, 0.2) is 0 Å². The quantitative estimate of drug-likeness (QED) is 0.704. The lowest BCUT2D eigenvalue weighted by molar-refractivity contribution is 0.0409. The lowest BCUT2D eigenvalue weighted by atomic mass is 10.1. The maximum absolute atomic E-state index is 12.7. The van der Waals surface area contributed by atoms with Gasteiger partial charge in [-0.2, -0.15) is 0 Å². The fourth-order valence-electron chi connectivity index (χ4n) is 3.54. The van der Waals surface area contributed by atoms with Crippen molar-refractivity contribution in [2.45, 2.75) is 45.3 Å². The number of benzene rings is 1. The van der Waals surface area contributed by atoms with E-state index in [2.05, 4.69) is 15.2 Å². The van der Waals surface area contributed by atoms with Crippen molar-refractivity contribution in [3.05, 3.63) is 35.9 Å². The van der Waals surface area contributed by atoms with E-state index in [4.69, 9.17) is 14.2 Å². The minimum Gasteiger partial charge on any atom is -0.481 e. The van der Waals surface area contributed by atoms with Crippen molar-refractivity contribution >= 4 is 23.0 Å². The summed E-state index contributed by atoms with van der Waals surface area (Å²) in [7, 11) is 1.52. The predicted octanol–water partition coefficient (Wildman–Crippen LogP) is 3.39. The second-order valence-electron chi connectivity index (χ2n) is 8.63. The number of ether oxygens (including phenoxy) is 3. The van der Waals surface area contributed by atoms with Gasteiger partial charge in [-0.05, 0) is 39.7 Å². The molecular formula is C23H31N3O5. The first-order valence-electron chi connectivity index (χ1n) is 10.6. The summed E-state index contributed by atoms with van der Waals surface area (Å²) in [5, 5.41) is 3.67. The first-order valence-corrected chi connectivity index (χ1v) is 10.6. The number of aromatic nitrogens is 1. The molecule has 1 N–H and O–H groups in total. The number of esters is 1. The van der Waals surface area contributed by atoms with Gasteiger partial charge in [0.05, 0.1) is 18.2 Å². The molecule has 1 saturated heterocycles. The summed E-state index contributed by atoms with van der Waals surface area (Å²) in [4.78, 5) is 31.2. The van der Waals surface area contributed by atoms with Crippen LogP contribution in [0.25, 0.3) is 10.9 Å². The van der Waals surface area contributed by atoms with Crippen LogP contribution in [0.2, 0.25) is 0 Å². The van der Waals surface area contributed by atoms with Crippen LogP contribution in [0, 0.1) is 0 Å². The molecule has 0 saturated carbocycles. The molecule has 1 aliphatic rings. The number of hydrogen-bond donors (Lipinski definition) is 1. The molecule has 3 rings (SSSR count). The first kappa shape index (κ1) is 22.8. The summed E-state index contributed by atoms with van der Waals surface area (Å²) < 4.78 is 16.1. The summed E-state index contributed by atoms with van der Waals surface area (Å²) >= 11 is 0.